The quantitative estimate of drug-likeness (QED) is 0.428. The molecule has 0 spiro atoms. The Morgan fingerprint density at radius 2 is 1.47 bits per heavy atom. The topological polar surface area (TPSA) is 62.4 Å². The van der Waals surface area contributed by atoms with Crippen molar-refractivity contribution in [1.82, 2.24) is 0 Å². The molecule has 1 amide bonds. The molecule has 0 radical (unpaired) electrons. The lowest BCUT2D eigenvalue weighted by Crippen LogP contribution is -2.19. The third-order valence-corrected chi connectivity index (χ3v) is 4.63. The molecule has 0 aromatic heterocycles. The summed E-state index contributed by atoms with van der Waals surface area (Å²) >= 11 is 5.39. The first kappa shape index (κ1) is 21.3. The minimum Gasteiger partial charge on any atom is -0.494 e. The molecular formula is C24H25N3O2S. The number of amides is 1. The molecule has 0 atom stereocenters. The molecular weight excluding hydrogens is 394 g/mol. The van der Waals surface area contributed by atoms with Crippen LogP contribution < -0.4 is 20.7 Å². The number of benzene rings is 3. The van der Waals surface area contributed by atoms with Crippen molar-refractivity contribution in [2.24, 2.45) is 0 Å². The number of nitrogens with one attached hydrogen (secondary N) is 3. The molecule has 0 heterocycles. The molecule has 0 aliphatic heterocycles. The molecule has 0 saturated heterocycles. The summed E-state index contributed by atoms with van der Waals surface area (Å²) < 4.78 is 5.41. The predicted octanol–water partition coefficient (Wildman–Crippen LogP) is 5.71. The maximum Gasteiger partial charge on any atom is 0.255 e. The standard InChI is InChI=1S/C24H25N3O2S/c1-3-17-6-5-7-21(16-17)27-24(30)26-20-10-8-18(9-11-20)23(28)25-19-12-14-22(15-13-19)29-4-2/h5-16H,3-4H2,1-2H3,(H,25,28)(H2,26,27,30). The first-order valence-electron chi connectivity index (χ1n) is 9.88. The van der Waals surface area contributed by atoms with Crippen LogP contribution in [0.5, 0.6) is 5.75 Å². The monoisotopic (exact) mass is 419 g/mol. The van der Waals surface area contributed by atoms with Crippen LogP contribution in [0.4, 0.5) is 17.1 Å². The zero-order valence-electron chi connectivity index (χ0n) is 17.1. The van der Waals surface area contributed by atoms with E-state index in [2.05, 4.69) is 35.0 Å². The number of aryl methyl sites for hydroxylation is 1. The fourth-order valence-electron chi connectivity index (χ4n) is 2.87. The van der Waals surface area contributed by atoms with Crippen molar-refractivity contribution in [2.45, 2.75) is 20.3 Å². The Labute approximate surface area is 182 Å². The fraction of sp³-hybridized carbons (Fsp3) is 0.167. The summed E-state index contributed by atoms with van der Waals surface area (Å²) in [7, 11) is 0. The summed E-state index contributed by atoms with van der Waals surface area (Å²) in [6, 6.07) is 22.6. The van der Waals surface area contributed by atoms with Crippen molar-refractivity contribution >= 4 is 40.3 Å². The number of hydrogen-bond donors (Lipinski definition) is 3. The highest BCUT2D eigenvalue weighted by Crippen LogP contribution is 2.18. The number of thiocarbonyl (C=S) groups is 1. The Bertz CT molecular complexity index is 1000. The first-order valence-corrected chi connectivity index (χ1v) is 10.3. The van der Waals surface area contributed by atoms with E-state index in [-0.39, 0.29) is 5.91 Å². The Balaban J connectivity index is 1.55. The molecule has 3 N–H and O–H groups in total. The second kappa shape index (κ2) is 10.4. The van der Waals surface area contributed by atoms with Crippen LogP contribution in [0.15, 0.2) is 72.8 Å². The molecule has 0 aliphatic rings. The number of carbonyl (C=O) groups is 1. The predicted molar refractivity (Wildman–Crippen MR) is 128 cm³/mol. The second-order valence-corrected chi connectivity index (χ2v) is 7.03. The van der Waals surface area contributed by atoms with E-state index in [1.807, 2.05) is 55.5 Å². The molecule has 0 saturated carbocycles. The van der Waals surface area contributed by atoms with Crippen LogP contribution >= 0.6 is 12.2 Å². The zero-order valence-corrected chi connectivity index (χ0v) is 17.9. The molecule has 0 unspecified atom stereocenters. The van der Waals surface area contributed by atoms with Gasteiger partial charge in [-0.15, -0.1) is 0 Å². The number of hydrogen-bond acceptors (Lipinski definition) is 3. The maximum atomic E-state index is 12.5. The van der Waals surface area contributed by atoms with E-state index < -0.39 is 0 Å². The van der Waals surface area contributed by atoms with Gasteiger partial charge >= 0.3 is 0 Å². The number of carbonyl (C=O) groups excluding carboxylic acids is 1. The van der Waals surface area contributed by atoms with Crippen LogP contribution in [0.25, 0.3) is 0 Å². The molecule has 3 aromatic carbocycles. The minimum absolute atomic E-state index is 0.178. The molecule has 6 heteroatoms. The van der Waals surface area contributed by atoms with Gasteiger partial charge in [0.2, 0.25) is 0 Å². The summed E-state index contributed by atoms with van der Waals surface area (Å²) in [5, 5.41) is 9.69. The van der Waals surface area contributed by atoms with Gasteiger partial charge in [-0.2, -0.15) is 0 Å². The summed E-state index contributed by atoms with van der Waals surface area (Å²) in [6.07, 6.45) is 0.968. The van der Waals surface area contributed by atoms with Gasteiger partial charge in [0.05, 0.1) is 6.61 Å². The van der Waals surface area contributed by atoms with Crippen molar-refractivity contribution in [3.05, 3.63) is 83.9 Å². The van der Waals surface area contributed by atoms with Crippen LogP contribution in [0.3, 0.4) is 0 Å². The van der Waals surface area contributed by atoms with Gasteiger partial charge in [-0.25, -0.2) is 0 Å². The minimum atomic E-state index is -0.178. The van der Waals surface area contributed by atoms with Crippen molar-refractivity contribution < 1.29 is 9.53 Å². The molecule has 0 fully saturated rings. The van der Waals surface area contributed by atoms with Crippen molar-refractivity contribution in [3.63, 3.8) is 0 Å². The molecule has 30 heavy (non-hydrogen) atoms. The highest BCUT2D eigenvalue weighted by atomic mass is 32.1. The summed E-state index contributed by atoms with van der Waals surface area (Å²) in [5.74, 6) is 0.597. The normalized spacial score (nSPS) is 10.2. The van der Waals surface area contributed by atoms with Gasteiger partial charge in [0.25, 0.3) is 5.91 Å². The number of anilines is 3. The van der Waals surface area contributed by atoms with Gasteiger partial charge in [0.1, 0.15) is 5.75 Å². The van der Waals surface area contributed by atoms with Gasteiger partial charge < -0.3 is 20.7 Å². The van der Waals surface area contributed by atoms with E-state index in [9.17, 15) is 4.79 Å². The van der Waals surface area contributed by atoms with Crippen LogP contribution in [-0.2, 0) is 6.42 Å². The fourth-order valence-corrected chi connectivity index (χ4v) is 3.11. The first-order chi connectivity index (χ1) is 14.6. The molecule has 154 valence electrons. The zero-order chi connectivity index (χ0) is 21.3. The van der Waals surface area contributed by atoms with Crippen LogP contribution in [0, 0.1) is 0 Å². The van der Waals surface area contributed by atoms with Crippen molar-refractivity contribution in [2.75, 3.05) is 22.6 Å². The Morgan fingerprint density at radius 1 is 0.833 bits per heavy atom. The SMILES string of the molecule is CCOc1ccc(NC(=O)c2ccc(NC(=S)Nc3cccc(CC)c3)cc2)cc1. The third-order valence-electron chi connectivity index (χ3n) is 4.42. The summed E-state index contributed by atoms with van der Waals surface area (Å²) in [4.78, 5) is 12.5. The lowest BCUT2D eigenvalue weighted by Gasteiger charge is -2.12. The van der Waals surface area contributed by atoms with E-state index in [0.29, 0.717) is 23.0 Å². The van der Waals surface area contributed by atoms with E-state index in [1.165, 1.54) is 5.56 Å². The molecule has 3 rings (SSSR count). The van der Waals surface area contributed by atoms with E-state index in [4.69, 9.17) is 17.0 Å². The Kier molecular flexibility index (Phi) is 7.40. The van der Waals surface area contributed by atoms with Gasteiger partial charge in [-0.05, 0) is 91.8 Å². The molecule has 3 aromatic rings. The maximum absolute atomic E-state index is 12.5. The smallest absolute Gasteiger partial charge is 0.255 e. The number of rotatable bonds is 7. The third kappa shape index (κ3) is 6.06. The van der Waals surface area contributed by atoms with Crippen molar-refractivity contribution in [3.8, 4) is 5.75 Å². The van der Waals surface area contributed by atoms with Gasteiger partial charge in [-0.3, -0.25) is 4.79 Å². The Hall–Kier alpha value is -3.38. The van der Waals surface area contributed by atoms with Gasteiger partial charge in [-0.1, -0.05) is 19.1 Å². The van der Waals surface area contributed by atoms with Crippen LogP contribution in [0.1, 0.15) is 29.8 Å². The van der Waals surface area contributed by atoms with Crippen LogP contribution in [-0.4, -0.2) is 17.6 Å². The molecule has 0 aliphatic carbocycles. The Morgan fingerprint density at radius 3 is 2.13 bits per heavy atom. The van der Waals surface area contributed by atoms with Crippen LogP contribution in [0.2, 0.25) is 0 Å². The summed E-state index contributed by atoms with van der Waals surface area (Å²) in [5.41, 5.74) is 4.26. The summed E-state index contributed by atoms with van der Waals surface area (Å²) in [6.45, 7) is 4.65. The molecule has 5 nitrogen and oxygen atoms in total. The van der Waals surface area contributed by atoms with E-state index in [0.717, 1.165) is 23.5 Å². The lowest BCUT2D eigenvalue weighted by molar-refractivity contribution is 0.102. The number of ether oxygens (including phenoxy) is 1. The molecule has 0 bridgehead atoms. The largest absolute Gasteiger partial charge is 0.494 e. The van der Waals surface area contributed by atoms with Gasteiger partial charge in [0, 0.05) is 22.6 Å². The van der Waals surface area contributed by atoms with Crippen molar-refractivity contribution in [1.29, 1.82) is 0 Å². The highest BCUT2D eigenvalue weighted by Gasteiger charge is 2.07. The second-order valence-electron chi connectivity index (χ2n) is 6.62. The average molecular weight is 420 g/mol. The van der Waals surface area contributed by atoms with E-state index in [1.54, 1.807) is 12.1 Å². The van der Waals surface area contributed by atoms with E-state index >= 15 is 0 Å². The van der Waals surface area contributed by atoms with Gasteiger partial charge in [0.15, 0.2) is 5.11 Å². The average Bonchev–Trinajstić information content (AvgIpc) is 2.76. The highest BCUT2D eigenvalue weighted by molar-refractivity contribution is 7.80. The lowest BCUT2D eigenvalue weighted by atomic mass is 10.1.